The van der Waals surface area contributed by atoms with E-state index in [4.69, 9.17) is 4.74 Å². The Kier molecular flexibility index (Phi) is 11.3. The van der Waals surface area contributed by atoms with Crippen LogP contribution in [0, 0.1) is 0 Å². The third-order valence-corrected chi connectivity index (χ3v) is 2.58. The van der Waals surface area contributed by atoms with Gasteiger partial charge in [-0.15, -0.1) is 0 Å². The molecular formula is C16H26O2. The monoisotopic (exact) mass is 250 g/mol. The molecule has 0 aromatic heterocycles. The van der Waals surface area contributed by atoms with E-state index in [2.05, 4.69) is 19.6 Å². The molecule has 0 rings (SSSR count). The molecule has 0 radical (unpaired) electrons. The highest BCUT2D eigenvalue weighted by molar-refractivity contribution is 5.66. The lowest BCUT2D eigenvalue weighted by Crippen LogP contribution is -2.15. The summed E-state index contributed by atoms with van der Waals surface area (Å²) in [4.78, 5) is 10.9. The van der Waals surface area contributed by atoms with Gasteiger partial charge in [0, 0.05) is 6.92 Å². The predicted molar refractivity (Wildman–Crippen MR) is 77.4 cm³/mol. The molecular weight excluding hydrogens is 224 g/mol. The molecule has 0 aromatic rings. The van der Waals surface area contributed by atoms with Gasteiger partial charge < -0.3 is 4.74 Å². The normalized spacial score (nSPS) is 13.0. The minimum Gasteiger partial charge on any atom is -0.463 e. The first-order chi connectivity index (χ1) is 8.70. The zero-order valence-electron chi connectivity index (χ0n) is 11.7. The second-order valence-corrected chi connectivity index (χ2v) is 4.35. The molecule has 102 valence electrons. The van der Waals surface area contributed by atoms with Gasteiger partial charge in [0.25, 0.3) is 0 Å². The Morgan fingerprint density at radius 3 is 2.61 bits per heavy atom. The first-order valence-electron chi connectivity index (χ1n) is 6.82. The largest absolute Gasteiger partial charge is 0.463 e. The van der Waals surface area contributed by atoms with Gasteiger partial charge in [-0.05, 0) is 32.1 Å². The van der Waals surface area contributed by atoms with Crippen molar-refractivity contribution in [3.63, 3.8) is 0 Å². The number of carbonyl (C=O) groups excluding carboxylic acids is 1. The molecule has 0 aromatic carbocycles. The van der Waals surface area contributed by atoms with Crippen LogP contribution in [0.2, 0.25) is 0 Å². The van der Waals surface area contributed by atoms with Crippen molar-refractivity contribution in [1.82, 2.24) is 0 Å². The molecule has 0 aliphatic carbocycles. The minimum absolute atomic E-state index is 0.108. The van der Waals surface area contributed by atoms with Crippen molar-refractivity contribution in [2.75, 3.05) is 0 Å². The topological polar surface area (TPSA) is 26.3 Å². The lowest BCUT2D eigenvalue weighted by atomic mass is 10.1. The third-order valence-electron chi connectivity index (χ3n) is 2.58. The van der Waals surface area contributed by atoms with Crippen LogP contribution in [0.1, 0.15) is 52.4 Å². The van der Waals surface area contributed by atoms with E-state index >= 15 is 0 Å². The number of carbonyl (C=O) groups is 1. The number of hydrogen-bond acceptors (Lipinski definition) is 2. The molecule has 0 bridgehead atoms. The Labute approximate surface area is 111 Å². The lowest BCUT2D eigenvalue weighted by Gasteiger charge is -2.15. The summed E-state index contributed by atoms with van der Waals surface area (Å²) >= 11 is 0. The zero-order chi connectivity index (χ0) is 13.6. The summed E-state index contributed by atoms with van der Waals surface area (Å²) < 4.78 is 5.27. The van der Waals surface area contributed by atoms with Crippen molar-refractivity contribution in [2.24, 2.45) is 0 Å². The number of hydrogen-bond donors (Lipinski definition) is 0. The first kappa shape index (κ1) is 16.7. The molecule has 0 aliphatic rings. The van der Waals surface area contributed by atoms with E-state index < -0.39 is 0 Å². The molecule has 18 heavy (non-hydrogen) atoms. The molecule has 2 nitrogen and oxygen atoms in total. The molecule has 0 fully saturated rings. The van der Waals surface area contributed by atoms with E-state index in [-0.39, 0.29) is 12.1 Å². The summed E-state index contributed by atoms with van der Waals surface area (Å²) in [5.41, 5.74) is 0. The highest BCUT2D eigenvalue weighted by Gasteiger charge is 2.09. The maximum Gasteiger partial charge on any atom is 0.302 e. The van der Waals surface area contributed by atoms with E-state index in [1.165, 1.54) is 6.92 Å². The summed E-state index contributed by atoms with van der Waals surface area (Å²) in [7, 11) is 0. The molecule has 0 heterocycles. The van der Waals surface area contributed by atoms with Crippen LogP contribution in [0.3, 0.4) is 0 Å². The maximum atomic E-state index is 10.9. The van der Waals surface area contributed by atoms with E-state index in [1.54, 1.807) is 6.08 Å². The summed E-state index contributed by atoms with van der Waals surface area (Å²) in [5, 5.41) is 0. The first-order valence-corrected chi connectivity index (χ1v) is 6.82. The van der Waals surface area contributed by atoms with E-state index in [0.717, 1.165) is 38.5 Å². The van der Waals surface area contributed by atoms with Crippen LogP contribution in [0.4, 0.5) is 0 Å². The van der Waals surface area contributed by atoms with Crippen LogP contribution in [0.25, 0.3) is 0 Å². The SMILES string of the molecule is C=CC=CC=CCCCCC(CCC)OC(C)=O. The number of allylic oxidation sites excluding steroid dienone is 5. The number of unbranched alkanes of at least 4 members (excludes halogenated alkanes) is 2. The van der Waals surface area contributed by atoms with Gasteiger partial charge in [-0.1, -0.05) is 50.3 Å². The Morgan fingerprint density at radius 2 is 2.00 bits per heavy atom. The van der Waals surface area contributed by atoms with Crippen molar-refractivity contribution in [3.05, 3.63) is 37.0 Å². The summed E-state index contributed by atoms with van der Waals surface area (Å²) in [6.07, 6.45) is 16.3. The molecule has 1 unspecified atom stereocenters. The third kappa shape index (κ3) is 11.2. The van der Waals surface area contributed by atoms with Crippen LogP contribution in [0.5, 0.6) is 0 Å². The highest BCUT2D eigenvalue weighted by Crippen LogP contribution is 2.12. The minimum atomic E-state index is -0.164. The number of rotatable bonds is 10. The Bertz CT molecular complexity index is 277. The second kappa shape index (κ2) is 12.2. The van der Waals surface area contributed by atoms with Crippen LogP contribution in [-0.2, 0) is 9.53 Å². The summed E-state index contributed by atoms with van der Waals surface area (Å²) in [6, 6.07) is 0. The molecule has 0 N–H and O–H groups in total. The molecule has 0 amide bonds. The van der Waals surface area contributed by atoms with Crippen LogP contribution < -0.4 is 0 Å². The number of esters is 1. The van der Waals surface area contributed by atoms with Crippen LogP contribution in [0.15, 0.2) is 37.0 Å². The van der Waals surface area contributed by atoms with Crippen LogP contribution in [-0.4, -0.2) is 12.1 Å². The second-order valence-electron chi connectivity index (χ2n) is 4.35. The van der Waals surface area contributed by atoms with Gasteiger partial charge in [0.2, 0.25) is 0 Å². The predicted octanol–water partition coefficient (Wildman–Crippen LogP) is 4.58. The Morgan fingerprint density at radius 1 is 1.22 bits per heavy atom. The highest BCUT2D eigenvalue weighted by atomic mass is 16.5. The Hall–Kier alpha value is -1.31. The van der Waals surface area contributed by atoms with Gasteiger partial charge in [0.05, 0.1) is 0 Å². The fourth-order valence-corrected chi connectivity index (χ4v) is 1.77. The average molecular weight is 250 g/mol. The van der Waals surface area contributed by atoms with Crippen molar-refractivity contribution in [3.8, 4) is 0 Å². The van der Waals surface area contributed by atoms with Crippen molar-refractivity contribution < 1.29 is 9.53 Å². The van der Waals surface area contributed by atoms with E-state index in [9.17, 15) is 4.79 Å². The molecule has 2 heteroatoms. The molecule has 0 saturated heterocycles. The summed E-state index contributed by atoms with van der Waals surface area (Å²) in [5.74, 6) is -0.164. The van der Waals surface area contributed by atoms with Gasteiger partial charge in [-0.3, -0.25) is 4.79 Å². The molecule has 0 saturated carbocycles. The molecule has 1 atom stereocenters. The smallest absolute Gasteiger partial charge is 0.302 e. The zero-order valence-corrected chi connectivity index (χ0v) is 11.7. The molecule has 0 spiro atoms. The average Bonchev–Trinajstić information content (AvgIpc) is 2.32. The van der Waals surface area contributed by atoms with Gasteiger partial charge in [0.15, 0.2) is 0 Å². The quantitative estimate of drug-likeness (QED) is 0.322. The van der Waals surface area contributed by atoms with Gasteiger partial charge >= 0.3 is 5.97 Å². The molecule has 0 aliphatic heterocycles. The van der Waals surface area contributed by atoms with Crippen molar-refractivity contribution >= 4 is 5.97 Å². The van der Waals surface area contributed by atoms with Crippen LogP contribution >= 0.6 is 0 Å². The standard InChI is InChI=1S/C16H26O2/c1-4-6-7-8-9-10-11-12-14-16(13-5-2)18-15(3)17/h4,6-9,16H,1,5,10-14H2,2-3H3. The van der Waals surface area contributed by atoms with E-state index in [0.29, 0.717) is 0 Å². The van der Waals surface area contributed by atoms with Crippen molar-refractivity contribution in [2.45, 2.75) is 58.5 Å². The lowest BCUT2D eigenvalue weighted by molar-refractivity contribution is -0.147. The van der Waals surface area contributed by atoms with Gasteiger partial charge in [0.1, 0.15) is 6.10 Å². The fraction of sp³-hybridized carbons (Fsp3) is 0.562. The van der Waals surface area contributed by atoms with Crippen molar-refractivity contribution in [1.29, 1.82) is 0 Å². The van der Waals surface area contributed by atoms with Gasteiger partial charge in [-0.25, -0.2) is 0 Å². The number of ether oxygens (including phenoxy) is 1. The maximum absolute atomic E-state index is 10.9. The van der Waals surface area contributed by atoms with E-state index in [1.807, 2.05) is 18.2 Å². The van der Waals surface area contributed by atoms with Gasteiger partial charge in [-0.2, -0.15) is 0 Å². The summed E-state index contributed by atoms with van der Waals surface area (Å²) in [6.45, 7) is 7.21. The fourth-order valence-electron chi connectivity index (χ4n) is 1.77. The Balaban J connectivity index is 3.65.